The Labute approximate surface area is 218 Å². The fourth-order valence-corrected chi connectivity index (χ4v) is 7.65. The number of piperidine rings is 1. The van der Waals surface area contributed by atoms with Crippen LogP contribution in [0.3, 0.4) is 0 Å². The van der Waals surface area contributed by atoms with Crippen molar-refractivity contribution >= 4 is 32.7 Å². The lowest BCUT2D eigenvalue weighted by molar-refractivity contribution is -0.126. The molecule has 2 atom stereocenters. The van der Waals surface area contributed by atoms with E-state index in [0.29, 0.717) is 24.5 Å². The molecule has 1 aromatic heterocycles. The molecule has 2 aromatic carbocycles. The van der Waals surface area contributed by atoms with Gasteiger partial charge in [0.2, 0.25) is 15.9 Å². The maximum atomic E-state index is 13.3. The summed E-state index contributed by atoms with van der Waals surface area (Å²) in [6, 6.07) is 17.6. The number of amides is 1. The van der Waals surface area contributed by atoms with Gasteiger partial charge in [-0.3, -0.25) is 4.79 Å². The van der Waals surface area contributed by atoms with Crippen molar-refractivity contribution in [3.05, 3.63) is 65.7 Å². The van der Waals surface area contributed by atoms with Crippen molar-refractivity contribution in [2.45, 2.75) is 55.9 Å². The third-order valence-corrected chi connectivity index (χ3v) is 10.0. The van der Waals surface area contributed by atoms with Crippen molar-refractivity contribution in [3.63, 3.8) is 0 Å². The second kappa shape index (κ2) is 10.1. The monoisotopic (exact) mass is 518 g/mol. The van der Waals surface area contributed by atoms with E-state index in [1.807, 2.05) is 12.1 Å². The molecule has 6 rings (SSSR count). The highest BCUT2D eigenvalue weighted by Gasteiger charge is 2.30. The molecule has 0 saturated carbocycles. The lowest BCUT2D eigenvalue weighted by Gasteiger charge is -2.34. The first-order valence-electron chi connectivity index (χ1n) is 13.5. The molecule has 2 unspecified atom stereocenters. The highest BCUT2D eigenvalue weighted by Crippen LogP contribution is 2.31. The summed E-state index contributed by atoms with van der Waals surface area (Å²) in [4.78, 5) is 20.7. The molecule has 37 heavy (non-hydrogen) atoms. The first-order chi connectivity index (χ1) is 18.0. The molecule has 3 heterocycles. The van der Waals surface area contributed by atoms with Crippen LogP contribution in [0, 0.1) is 5.92 Å². The van der Waals surface area contributed by atoms with Gasteiger partial charge in [-0.2, -0.15) is 4.31 Å². The third-order valence-electron chi connectivity index (χ3n) is 8.15. The Balaban J connectivity index is 1.16. The van der Waals surface area contributed by atoms with Crippen LogP contribution in [-0.4, -0.2) is 49.8 Å². The van der Waals surface area contributed by atoms with Crippen LogP contribution >= 0.6 is 0 Å². The molecule has 8 heteroatoms. The van der Waals surface area contributed by atoms with Gasteiger partial charge in [-0.15, -0.1) is 0 Å². The Morgan fingerprint density at radius 1 is 0.919 bits per heavy atom. The maximum Gasteiger partial charge on any atom is 0.243 e. The number of pyridine rings is 1. The Kier molecular flexibility index (Phi) is 6.63. The summed E-state index contributed by atoms with van der Waals surface area (Å²) < 4.78 is 27.5. The Morgan fingerprint density at radius 2 is 1.76 bits per heavy atom. The molecule has 2 saturated heterocycles. The number of nitrogens with one attached hydrogen (secondary N) is 1. The van der Waals surface area contributed by atoms with E-state index >= 15 is 0 Å². The first-order valence-corrected chi connectivity index (χ1v) is 15.0. The Hall–Kier alpha value is -2.97. The molecule has 3 aliphatic rings. The molecule has 1 aliphatic carbocycles. The fourth-order valence-electron chi connectivity index (χ4n) is 6.10. The number of carbonyl (C=O) groups is 1. The number of hydrogen-bond acceptors (Lipinski definition) is 5. The minimum Gasteiger partial charge on any atom is -0.356 e. The normalized spacial score (nSPS) is 22.6. The minimum atomic E-state index is -3.46. The fraction of sp³-hybridized carbons (Fsp3) is 0.448. The zero-order chi connectivity index (χ0) is 25.4. The number of carbonyl (C=O) groups excluding carboxylic acids is 1. The van der Waals surface area contributed by atoms with E-state index in [9.17, 15) is 13.2 Å². The average Bonchev–Trinajstić information content (AvgIpc) is 3.49. The van der Waals surface area contributed by atoms with Crippen LogP contribution < -0.4 is 10.2 Å². The number of benzene rings is 2. The summed E-state index contributed by atoms with van der Waals surface area (Å²) in [5.41, 5.74) is 3.38. The number of sulfonamides is 1. The van der Waals surface area contributed by atoms with Crippen LogP contribution in [0.5, 0.6) is 0 Å². The smallest absolute Gasteiger partial charge is 0.243 e. The van der Waals surface area contributed by atoms with Gasteiger partial charge >= 0.3 is 0 Å². The topological polar surface area (TPSA) is 82.6 Å². The molecular formula is C29H34N4O3S. The summed E-state index contributed by atoms with van der Waals surface area (Å²) in [5, 5.41) is 4.15. The van der Waals surface area contributed by atoms with E-state index in [4.69, 9.17) is 4.98 Å². The van der Waals surface area contributed by atoms with Gasteiger partial charge in [-0.1, -0.05) is 24.3 Å². The van der Waals surface area contributed by atoms with Crippen molar-refractivity contribution in [2.24, 2.45) is 5.92 Å². The van der Waals surface area contributed by atoms with Crippen molar-refractivity contribution < 1.29 is 13.2 Å². The predicted molar refractivity (Wildman–Crippen MR) is 145 cm³/mol. The highest BCUT2D eigenvalue weighted by atomic mass is 32.2. The van der Waals surface area contributed by atoms with E-state index in [0.717, 1.165) is 68.2 Å². The molecule has 194 valence electrons. The molecule has 2 aliphatic heterocycles. The van der Waals surface area contributed by atoms with Gasteiger partial charge in [0.1, 0.15) is 5.82 Å². The number of fused-ring (bicyclic) bond motifs is 2. The van der Waals surface area contributed by atoms with Gasteiger partial charge in [0.05, 0.1) is 22.4 Å². The molecule has 2 fully saturated rings. The van der Waals surface area contributed by atoms with E-state index < -0.39 is 10.0 Å². The molecule has 0 radical (unpaired) electrons. The van der Waals surface area contributed by atoms with E-state index in [-0.39, 0.29) is 17.9 Å². The van der Waals surface area contributed by atoms with Gasteiger partial charge in [0, 0.05) is 31.6 Å². The number of anilines is 1. The van der Waals surface area contributed by atoms with Crippen molar-refractivity contribution in [2.75, 3.05) is 31.1 Å². The van der Waals surface area contributed by atoms with Crippen LogP contribution in [0.15, 0.2) is 59.5 Å². The van der Waals surface area contributed by atoms with Gasteiger partial charge in [0.25, 0.3) is 0 Å². The average molecular weight is 519 g/mol. The summed E-state index contributed by atoms with van der Waals surface area (Å²) in [7, 11) is -3.46. The van der Waals surface area contributed by atoms with E-state index in [2.05, 4.69) is 34.5 Å². The number of aromatic nitrogens is 1. The summed E-state index contributed by atoms with van der Waals surface area (Å²) in [6.07, 6.45) is 6.82. The second-order valence-corrected chi connectivity index (χ2v) is 12.5. The van der Waals surface area contributed by atoms with Gasteiger partial charge in [-0.05, 0) is 86.4 Å². The van der Waals surface area contributed by atoms with Crippen LogP contribution in [0.4, 0.5) is 5.82 Å². The number of aryl methyl sites for hydroxylation is 1. The molecule has 3 aromatic rings. The van der Waals surface area contributed by atoms with Crippen LogP contribution in [0.2, 0.25) is 0 Å². The molecule has 1 amide bonds. The number of hydrogen-bond donors (Lipinski definition) is 1. The first kappa shape index (κ1) is 24.4. The molecule has 7 nitrogen and oxygen atoms in total. The Morgan fingerprint density at radius 3 is 2.62 bits per heavy atom. The third kappa shape index (κ3) is 4.84. The summed E-state index contributed by atoms with van der Waals surface area (Å²) in [6.45, 7) is 2.68. The molecule has 0 bridgehead atoms. The summed E-state index contributed by atoms with van der Waals surface area (Å²) >= 11 is 0. The SMILES string of the molecule is O=C(NC1CCCc2ccccc21)C1CCCN(c2ccc3cc(S(=O)(=O)N4CCCC4)ccc3n2)C1. The lowest BCUT2D eigenvalue weighted by Crippen LogP contribution is -2.44. The zero-order valence-corrected chi connectivity index (χ0v) is 21.9. The van der Waals surface area contributed by atoms with Gasteiger partial charge in [0.15, 0.2) is 0 Å². The van der Waals surface area contributed by atoms with E-state index in [1.54, 1.807) is 22.5 Å². The standard InChI is InChI=1S/C29H34N4O3S/c34-29(31-27-11-5-8-21-7-1-2-10-25(21)27)23-9-6-16-32(20-23)28-15-12-22-19-24(13-14-26(22)30-28)37(35,36)33-17-3-4-18-33/h1-2,7,10,12-15,19,23,27H,3-6,8-9,11,16-18,20H2,(H,31,34). The second-order valence-electron chi connectivity index (χ2n) is 10.6. The largest absolute Gasteiger partial charge is 0.356 e. The minimum absolute atomic E-state index is 0.0756. The number of rotatable bonds is 5. The van der Waals surface area contributed by atoms with Crippen LogP contribution in [-0.2, 0) is 21.2 Å². The lowest BCUT2D eigenvalue weighted by atomic mass is 9.87. The predicted octanol–water partition coefficient (Wildman–Crippen LogP) is 4.43. The molecular weight excluding hydrogens is 484 g/mol. The molecule has 0 spiro atoms. The number of nitrogens with zero attached hydrogens (tertiary/aromatic N) is 3. The van der Waals surface area contributed by atoms with Crippen molar-refractivity contribution in [1.29, 1.82) is 0 Å². The van der Waals surface area contributed by atoms with Crippen LogP contribution in [0.25, 0.3) is 10.9 Å². The van der Waals surface area contributed by atoms with Gasteiger partial charge < -0.3 is 10.2 Å². The van der Waals surface area contributed by atoms with Crippen molar-refractivity contribution in [3.8, 4) is 0 Å². The van der Waals surface area contributed by atoms with Gasteiger partial charge in [-0.25, -0.2) is 13.4 Å². The van der Waals surface area contributed by atoms with Crippen molar-refractivity contribution in [1.82, 2.24) is 14.6 Å². The molecule has 1 N–H and O–H groups in total. The summed E-state index contributed by atoms with van der Waals surface area (Å²) in [5.74, 6) is 0.889. The highest BCUT2D eigenvalue weighted by molar-refractivity contribution is 7.89. The van der Waals surface area contributed by atoms with Crippen LogP contribution in [0.1, 0.15) is 55.7 Å². The Bertz CT molecular complexity index is 1420. The zero-order valence-electron chi connectivity index (χ0n) is 21.1. The quantitative estimate of drug-likeness (QED) is 0.540. The van der Waals surface area contributed by atoms with E-state index in [1.165, 1.54) is 11.1 Å². The maximum absolute atomic E-state index is 13.3.